The zero-order chi connectivity index (χ0) is 5.11. The quantitative estimate of drug-likeness (QED) is 0.431. The summed E-state index contributed by atoms with van der Waals surface area (Å²) in [5.41, 5.74) is 0. The molecule has 0 amide bonds. The summed E-state index contributed by atoms with van der Waals surface area (Å²) in [6.45, 7) is 0. The summed E-state index contributed by atoms with van der Waals surface area (Å²) in [6.07, 6.45) is 4.32. The van der Waals surface area contributed by atoms with E-state index in [0.29, 0.717) is 0 Å². The maximum atomic E-state index is 11.8. The van der Waals surface area contributed by atoms with Crippen LogP contribution >= 0.6 is 0 Å². The van der Waals surface area contributed by atoms with Crippen molar-refractivity contribution in [2.24, 2.45) is 0 Å². The monoisotopic (exact) mass is 100 g/mol. The fourth-order valence-electron chi connectivity index (χ4n) is 0.332. The second kappa shape index (κ2) is 1.64. The van der Waals surface area contributed by atoms with Gasteiger partial charge in [-0.2, -0.15) is 4.39 Å². The summed E-state index contributed by atoms with van der Waals surface area (Å²) < 4.78 is 11.8. The molecule has 0 saturated heterocycles. The zero-order valence-corrected chi connectivity index (χ0v) is 3.61. The van der Waals surface area contributed by atoms with Crippen LogP contribution in [0.25, 0.3) is 0 Å². The molecule has 1 aliphatic rings. The first-order valence-corrected chi connectivity index (χ1v) is 1.93. The smallest absolute Gasteiger partial charge is 0.207 e. The van der Waals surface area contributed by atoms with Crippen molar-refractivity contribution < 1.29 is 4.39 Å². The van der Waals surface area contributed by atoms with E-state index in [0.717, 1.165) is 0 Å². The molecule has 0 atom stereocenters. The van der Waals surface area contributed by atoms with Crippen molar-refractivity contribution in [2.45, 2.75) is 0 Å². The highest BCUT2D eigenvalue weighted by Crippen LogP contribution is 1.89. The first kappa shape index (κ1) is 4.18. The molecule has 0 aliphatic carbocycles. The first-order chi connectivity index (χ1) is 3.39. The van der Waals surface area contributed by atoms with Crippen molar-refractivity contribution in [3.05, 3.63) is 24.6 Å². The van der Waals surface area contributed by atoms with Crippen LogP contribution in [0.3, 0.4) is 0 Å². The Morgan fingerprint density at radius 1 is 1.43 bits per heavy atom. The van der Waals surface area contributed by atoms with E-state index < -0.39 is 0 Å². The van der Waals surface area contributed by atoms with Gasteiger partial charge in [-0.05, 0) is 0 Å². The second-order valence-electron chi connectivity index (χ2n) is 1.14. The van der Waals surface area contributed by atoms with Crippen LogP contribution in [0.15, 0.2) is 24.6 Å². The van der Waals surface area contributed by atoms with Gasteiger partial charge in [-0.1, -0.05) is 0 Å². The van der Waals surface area contributed by atoms with Gasteiger partial charge in [0.05, 0.1) is 6.20 Å². The van der Waals surface area contributed by atoms with Crippen LogP contribution in [-0.4, -0.2) is 0 Å². The van der Waals surface area contributed by atoms with E-state index in [1.54, 1.807) is 6.20 Å². The van der Waals surface area contributed by atoms with E-state index in [1.165, 1.54) is 12.4 Å². The highest BCUT2D eigenvalue weighted by atomic mass is 19.1. The lowest BCUT2D eigenvalue weighted by Crippen LogP contribution is -2.10. The van der Waals surface area contributed by atoms with Gasteiger partial charge in [-0.15, -0.1) is 0 Å². The lowest BCUT2D eigenvalue weighted by molar-refractivity contribution is 0.571. The zero-order valence-electron chi connectivity index (χ0n) is 3.61. The minimum absolute atomic E-state index is 0.359. The largest absolute Gasteiger partial charge is 0.363 e. The fraction of sp³-hybridized carbons (Fsp3) is 0. The number of hydrogen-bond donors (Lipinski definition) is 2. The minimum atomic E-state index is -0.359. The Morgan fingerprint density at radius 3 is 2.57 bits per heavy atom. The van der Waals surface area contributed by atoms with Gasteiger partial charge in [0, 0.05) is 12.4 Å². The molecule has 0 radical (unpaired) electrons. The number of nitrogens with one attached hydrogen (secondary N) is 2. The molecular weight excluding hydrogens is 95.1 g/mol. The Balaban J connectivity index is 2.50. The molecule has 1 heterocycles. The van der Waals surface area contributed by atoms with Crippen LogP contribution in [0.2, 0.25) is 0 Å². The molecule has 0 fully saturated rings. The van der Waals surface area contributed by atoms with Gasteiger partial charge in [-0.3, -0.25) is 0 Å². The molecule has 0 aromatic heterocycles. The van der Waals surface area contributed by atoms with E-state index in [1.807, 2.05) is 0 Å². The van der Waals surface area contributed by atoms with Crippen LogP contribution in [0.5, 0.6) is 0 Å². The highest BCUT2D eigenvalue weighted by Gasteiger charge is 1.88. The Bertz CT molecular complexity index is 117. The molecule has 0 bridgehead atoms. The fourth-order valence-corrected chi connectivity index (χ4v) is 0.332. The number of hydrogen-bond acceptors (Lipinski definition) is 2. The molecule has 2 N–H and O–H groups in total. The first-order valence-electron chi connectivity index (χ1n) is 1.93. The normalized spacial score (nSPS) is 17.0. The standard InChI is InChI=1S/C4H5FN2/c5-4-3-6-1-2-7-4/h1-3,6-7H. The molecule has 2 nitrogen and oxygen atoms in total. The van der Waals surface area contributed by atoms with Gasteiger partial charge in [0.1, 0.15) is 0 Å². The van der Waals surface area contributed by atoms with Gasteiger partial charge in [0.15, 0.2) is 0 Å². The summed E-state index contributed by atoms with van der Waals surface area (Å²) in [4.78, 5) is 0. The van der Waals surface area contributed by atoms with E-state index >= 15 is 0 Å². The average Bonchev–Trinajstić information content (AvgIpc) is 1.69. The molecule has 1 aliphatic heterocycles. The average molecular weight is 100 g/mol. The minimum Gasteiger partial charge on any atom is -0.363 e. The third-order valence-electron chi connectivity index (χ3n) is 0.611. The van der Waals surface area contributed by atoms with Crippen LogP contribution in [0, 0.1) is 0 Å². The van der Waals surface area contributed by atoms with Crippen molar-refractivity contribution in [2.75, 3.05) is 0 Å². The third kappa shape index (κ3) is 0.924. The summed E-state index contributed by atoms with van der Waals surface area (Å²) in [7, 11) is 0. The third-order valence-corrected chi connectivity index (χ3v) is 0.611. The Labute approximate surface area is 40.7 Å². The van der Waals surface area contributed by atoms with Crippen molar-refractivity contribution in [1.29, 1.82) is 0 Å². The molecule has 3 heteroatoms. The molecule has 0 spiro atoms. The lowest BCUT2D eigenvalue weighted by atomic mass is 10.7. The van der Waals surface area contributed by atoms with Crippen LogP contribution in [0.1, 0.15) is 0 Å². The van der Waals surface area contributed by atoms with Gasteiger partial charge in [0.25, 0.3) is 0 Å². The highest BCUT2D eigenvalue weighted by molar-refractivity contribution is 5.01. The predicted molar refractivity (Wildman–Crippen MR) is 24.6 cm³/mol. The maximum Gasteiger partial charge on any atom is 0.207 e. The summed E-state index contributed by atoms with van der Waals surface area (Å²) in [6, 6.07) is 0. The number of rotatable bonds is 0. The maximum absolute atomic E-state index is 11.8. The second-order valence-corrected chi connectivity index (χ2v) is 1.14. The molecule has 0 unspecified atom stereocenters. The molecule has 0 aromatic rings. The molecule has 0 saturated carbocycles. The molecule has 38 valence electrons. The van der Waals surface area contributed by atoms with E-state index in [2.05, 4.69) is 10.6 Å². The summed E-state index contributed by atoms with van der Waals surface area (Å²) in [5.74, 6) is -0.359. The molecule has 7 heavy (non-hydrogen) atoms. The van der Waals surface area contributed by atoms with Gasteiger partial charge in [-0.25, -0.2) is 0 Å². The van der Waals surface area contributed by atoms with Crippen LogP contribution in [0.4, 0.5) is 4.39 Å². The van der Waals surface area contributed by atoms with Crippen molar-refractivity contribution in [1.82, 2.24) is 10.6 Å². The Kier molecular flexibility index (Phi) is 0.978. The molecular formula is C4H5FN2. The Morgan fingerprint density at radius 2 is 2.29 bits per heavy atom. The summed E-state index contributed by atoms with van der Waals surface area (Å²) >= 11 is 0. The number of halogens is 1. The van der Waals surface area contributed by atoms with E-state index in [4.69, 9.17) is 0 Å². The topological polar surface area (TPSA) is 24.1 Å². The van der Waals surface area contributed by atoms with Gasteiger partial charge >= 0.3 is 0 Å². The Hall–Kier alpha value is -0.990. The van der Waals surface area contributed by atoms with E-state index in [9.17, 15) is 4.39 Å². The lowest BCUT2D eigenvalue weighted by Gasteiger charge is -2.00. The molecule has 0 aromatic carbocycles. The van der Waals surface area contributed by atoms with E-state index in [-0.39, 0.29) is 5.95 Å². The van der Waals surface area contributed by atoms with Crippen molar-refractivity contribution >= 4 is 0 Å². The predicted octanol–water partition coefficient (Wildman–Crippen LogP) is 0.419. The molecule has 1 rings (SSSR count). The van der Waals surface area contributed by atoms with Crippen molar-refractivity contribution in [3.8, 4) is 0 Å². The van der Waals surface area contributed by atoms with Crippen molar-refractivity contribution in [3.63, 3.8) is 0 Å². The van der Waals surface area contributed by atoms with Crippen LogP contribution in [-0.2, 0) is 0 Å². The van der Waals surface area contributed by atoms with Gasteiger partial charge in [0.2, 0.25) is 5.95 Å². The SMILES string of the molecule is FC1=CNC=CN1. The summed E-state index contributed by atoms with van der Waals surface area (Å²) in [5, 5.41) is 4.89. The van der Waals surface area contributed by atoms with Crippen LogP contribution < -0.4 is 10.6 Å². The van der Waals surface area contributed by atoms with Gasteiger partial charge < -0.3 is 10.6 Å².